The number of hydrogen-bond acceptors (Lipinski definition) is 5. The molecule has 0 bridgehead atoms. The highest BCUT2D eigenvalue weighted by molar-refractivity contribution is 7.92. The highest BCUT2D eigenvalue weighted by atomic mass is 32.2. The van der Waals surface area contributed by atoms with Gasteiger partial charge in [-0.15, -0.1) is 0 Å². The molecule has 0 radical (unpaired) electrons. The molecule has 0 saturated carbocycles. The van der Waals surface area contributed by atoms with Gasteiger partial charge in [-0.2, -0.15) is 0 Å². The number of nitro groups is 1. The van der Waals surface area contributed by atoms with E-state index < -0.39 is 27.4 Å². The average molecular weight is 391 g/mol. The van der Waals surface area contributed by atoms with Gasteiger partial charge in [0.05, 0.1) is 22.6 Å². The zero-order valence-electron chi connectivity index (χ0n) is 15.5. The Morgan fingerprint density at radius 2 is 1.70 bits per heavy atom. The lowest BCUT2D eigenvalue weighted by Gasteiger charge is -2.23. The fraction of sp³-hybridized carbons (Fsp3) is 0.278. The molecule has 0 aliphatic heterocycles. The van der Waals surface area contributed by atoms with Gasteiger partial charge in [-0.05, 0) is 49.6 Å². The second-order valence-corrected chi connectivity index (χ2v) is 8.33. The predicted molar refractivity (Wildman–Crippen MR) is 105 cm³/mol. The Morgan fingerprint density at radius 3 is 2.22 bits per heavy atom. The molecule has 0 saturated heterocycles. The Kier molecular flexibility index (Phi) is 5.85. The third kappa shape index (κ3) is 5.27. The Labute approximate surface area is 158 Å². The average Bonchev–Trinajstić information content (AvgIpc) is 2.52. The molecule has 0 aromatic heterocycles. The van der Waals surface area contributed by atoms with E-state index in [-0.39, 0.29) is 11.4 Å². The van der Waals surface area contributed by atoms with Crippen molar-refractivity contribution in [1.82, 2.24) is 0 Å². The highest BCUT2D eigenvalue weighted by Crippen LogP contribution is 2.24. The van der Waals surface area contributed by atoms with E-state index >= 15 is 0 Å². The summed E-state index contributed by atoms with van der Waals surface area (Å²) in [6, 6.07) is 9.36. The summed E-state index contributed by atoms with van der Waals surface area (Å²) in [6.45, 7) is 4.93. The molecule has 0 spiro atoms. The number of amides is 1. The number of nitrogens with zero attached hydrogens (tertiary/aromatic N) is 2. The largest absolute Gasteiger partial charge is 0.324 e. The van der Waals surface area contributed by atoms with Crippen LogP contribution in [-0.2, 0) is 14.8 Å². The van der Waals surface area contributed by atoms with Crippen LogP contribution in [0.1, 0.15) is 16.7 Å². The van der Waals surface area contributed by atoms with Crippen molar-refractivity contribution in [1.29, 1.82) is 0 Å². The van der Waals surface area contributed by atoms with E-state index in [4.69, 9.17) is 0 Å². The first kappa shape index (κ1) is 20.4. The molecule has 0 aliphatic carbocycles. The van der Waals surface area contributed by atoms with Gasteiger partial charge in [-0.25, -0.2) is 8.42 Å². The van der Waals surface area contributed by atoms with Crippen molar-refractivity contribution in [3.05, 3.63) is 63.2 Å². The maximum atomic E-state index is 12.5. The molecule has 0 fully saturated rings. The summed E-state index contributed by atoms with van der Waals surface area (Å²) >= 11 is 0. The van der Waals surface area contributed by atoms with Gasteiger partial charge in [-0.1, -0.05) is 12.1 Å². The first-order valence-corrected chi connectivity index (χ1v) is 9.93. The molecule has 0 aliphatic rings. The van der Waals surface area contributed by atoms with Crippen LogP contribution in [0.25, 0.3) is 0 Å². The monoisotopic (exact) mass is 391 g/mol. The van der Waals surface area contributed by atoms with Crippen molar-refractivity contribution < 1.29 is 18.1 Å². The van der Waals surface area contributed by atoms with Crippen LogP contribution < -0.4 is 9.62 Å². The second-order valence-electron chi connectivity index (χ2n) is 6.42. The van der Waals surface area contributed by atoms with Crippen LogP contribution in [0, 0.1) is 30.9 Å². The number of carbonyl (C=O) groups is 1. The zero-order chi connectivity index (χ0) is 20.4. The molecule has 2 rings (SSSR count). The van der Waals surface area contributed by atoms with Crippen molar-refractivity contribution in [3.63, 3.8) is 0 Å². The van der Waals surface area contributed by atoms with Crippen LogP contribution in [0.4, 0.5) is 17.1 Å². The molecule has 2 aromatic carbocycles. The number of rotatable bonds is 6. The Bertz CT molecular complexity index is 982. The predicted octanol–water partition coefficient (Wildman–Crippen LogP) is 2.92. The van der Waals surface area contributed by atoms with Crippen LogP contribution in [-0.4, -0.2) is 32.0 Å². The minimum atomic E-state index is -3.71. The van der Waals surface area contributed by atoms with Crippen molar-refractivity contribution in [3.8, 4) is 0 Å². The molecule has 8 nitrogen and oxygen atoms in total. The first-order chi connectivity index (χ1) is 12.5. The summed E-state index contributed by atoms with van der Waals surface area (Å²) in [6.07, 6.45) is 1.02. The molecule has 27 heavy (non-hydrogen) atoms. The lowest BCUT2D eigenvalue weighted by atomic mass is 10.1. The molecule has 0 heterocycles. The second kappa shape index (κ2) is 7.75. The van der Waals surface area contributed by atoms with Crippen LogP contribution in [0.3, 0.4) is 0 Å². The van der Waals surface area contributed by atoms with Gasteiger partial charge in [0, 0.05) is 12.1 Å². The molecule has 1 amide bonds. The van der Waals surface area contributed by atoms with E-state index in [0.717, 1.165) is 21.7 Å². The zero-order valence-corrected chi connectivity index (χ0v) is 16.3. The smallest absolute Gasteiger partial charge is 0.271 e. The topological polar surface area (TPSA) is 110 Å². The molecule has 1 N–H and O–H groups in total. The number of aryl methyl sites for hydroxylation is 3. The Morgan fingerprint density at radius 1 is 1.11 bits per heavy atom. The van der Waals surface area contributed by atoms with Gasteiger partial charge in [-0.3, -0.25) is 19.2 Å². The Hall–Kier alpha value is -2.94. The minimum absolute atomic E-state index is 0.162. The van der Waals surface area contributed by atoms with Gasteiger partial charge in [0.2, 0.25) is 15.9 Å². The van der Waals surface area contributed by atoms with E-state index in [1.807, 2.05) is 19.9 Å². The lowest BCUT2D eigenvalue weighted by molar-refractivity contribution is -0.384. The summed E-state index contributed by atoms with van der Waals surface area (Å²) in [7, 11) is -3.71. The molecular formula is C18H21N3O5S. The van der Waals surface area contributed by atoms with Gasteiger partial charge < -0.3 is 5.32 Å². The number of hydrogen-bond donors (Lipinski definition) is 1. The quantitative estimate of drug-likeness (QED) is 0.601. The number of nitrogens with one attached hydrogen (secondary N) is 1. The number of benzene rings is 2. The van der Waals surface area contributed by atoms with E-state index in [0.29, 0.717) is 11.3 Å². The van der Waals surface area contributed by atoms with Gasteiger partial charge >= 0.3 is 0 Å². The minimum Gasteiger partial charge on any atom is -0.324 e. The van der Waals surface area contributed by atoms with Crippen molar-refractivity contribution in [2.24, 2.45) is 0 Å². The molecular weight excluding hydrogens is 370 g/mol. The molecule has 0 atom stereocenters. The first-order valence-electron chi connectivity index (χ1n) is 8.08. The number of carbonyl (C=O) groups excluding carboxylic acids is 1. The standard InChI is InChI=1S/C18H21N3O5S/c1-12-7-13(2)9-16(8-12)20(27(4,25)26)11-18(22)19-17-10-15(21(23)24)6-5-14(17)3/h5-10H,11H2,1-4H3,(H,19,22). The number of sulfonamides is 1. The van der Waals surface area contributed by atoms with Gasteiger partial charge in [0.25, 0.3) is 5.69 Å². The third-order valence-electron chi connectivity index (χ3n) is 3.89. The van der Waals surface area contributed by atoms with Crippen LogP contribution in [0.2, 0.25) is 0 Å². The molecule has 9 heteroatoms. The van der Waals surface area contributed by atoms with Gasteiger partial charge in [0.15, 0.2) is 0 Å². The SMILES string of the molecule is Cc1cc(C)cc(N(CC(=O)Nc2cc([N+](=O)[O-])ccc2C)S(C)(=O)=O)c1. The van der Waals surface area contributed by atoms with E-state index in [1.165, 1.54) is 18.2 Å². The van der Waals surface area contributed by atoms with E-state index in [1.54, 1.807) is 19.1 Å². The van der Waals surface area contributed by atoms with Crippen LogP contribution in [0.5, 0.6) is 0 Å². The summed E-state index contributed by atoms with van der Waals surface area (Å²) in [5.74, 6) is -0.594. The van der Waals surface area contributed by atoms with Crippen LogP contribution in [0.15, 0.2) is 36.4 Å². The summed E-state index contributed by atoms with van der Waals surface area (Å²) in [5.41, 5.74) is 2.86. The molecule has 144 valence electrons. The maximum Gasteiger partial charge on any atom is 0.271 e. The number of non-ortho nitro benzene ring substituents is 1. The summed E-state index contributed by atoms with van der Waals surface area (Å²) < 4.78 is 25.4. The fourth-order valence-electron chi connectivity index (χ4n) is 2.67. The van der Waals surface area contributed by atoms with E-state index in [2.05, 4.69) is 5.32 Å². The Balaban J connectivity index is 2.30. The lowest BCUT2D eigenvalue weighted by Crippen LogP contribution is -2.37. The van der Waals surface area contributed by atoms with Gasteiger partial charge in [0.1, 0.15) is 6.54 Å². The summed E-state index contributed by atoms with van der Waals surface area (Å²) in [4.78, 5) is 22.8. The maximum absolute atomic E-state index is 12.5. The normalized spacial score (nSPS) is 11.1. The highest BCUT2D eigenvalue weighted by Gasteiger charge is 2.22. The third-order valence-corrected chi connectivity index (χ3v) is 5.03. The summed E-state index contributed by atoms with van der Waals surface area (Å²) in [5, 5.41) is 13.5. The fourth-order valence-corrected chi connectivity index (χ4v) is 3.51. The van der Waals surface area contributed by atoms with Crippen molar-refractivity contribution in [2.75, 3.05) is 22.4 Å². The molecule has 2 aromatic rings. The number of anilines is 2. The van der Waals surface area contributed by atoms with Crippen LogP contribution >= 0.6 is 0 Å². The van der Waals surface area contributed by atoms with Crippen molar-refractivity contribution in [2.45, 2.75) is 20.8 Å². The number of nitro benzene ring substituents is 1. The molecule has 0 unspecified atom stereocenters. The van der Waals surface area contributed by atoms with Crippen molar-refractivity contribution >= 4 is 33.0 Å². The van der Waals surface area contributed by atoms with E-state index in [9.17, 15) is 23.3 Å².